The van der Waals surface area contributed by atoms with Crippen molar-refractivity contribution in [1.82, 2.24) is 0 Å². The highest BCUT2D eigenvalue weighted by Gasteiger charge is 2.29. The van der Waals surface area contributed by atoms with Crippen molar-refractivity contribution >= 4 is 39.0 Å². The van der Waals surface area contributed by atoms with Crippen molar-refractivity contribution in [2.45, 2.75) is 19.3 Å². The first-order valence-corrected chi connectivity index (χ1v) is 12.9. The predicted octanol–water partition coefficient (Wildman–Crippen LogP) is 4.21. The second-order valence-electron chi connectivity index (χ2n) is 8.33. The monoisotopic (exact) mass is 429 g/mol. The summed E-state index contributed by atoms with van der Waals surface area (Å²) < 4.78 is 28.2. The lowest BCUT2D eigenvalue weighted by molar-refractivity contribution is 0.328. The molecular weight excluding hydrogens is 402 g/mol. The second kappa shape index (κ2) is 7.43. The molecule has 0 N–H and O–H groups in total. The molecular formula is C22H27N3O2S2. The number of nitrogens with zero attached hydrogens (tertiary/aromatic N) is 3. The Balaban J connectivity index is 1.38. The minimum Gasteiger partial charge on any atom is -0.369 e. The number of hydrogen-bond donors (Lipinski definition) is 0. The van der Waals surface area contributed by atoms with Crippen LogP contribution in [0.4, 0.5) is 17.1 Å². The average molecular weight is 430 g/mol. The smallest absolute Gasteiger partial charge is 0.153 e. The van der Waals surface area contributed by atoms with Crippen LogP contribution in [0.1, 0.15) is 19.3 Å². The molecule has 7 heteroatoms. The van der Waals surface area contributed by atoms with Crippen LogP contribution in [0.5, 0.6) is 0 Å². The van der Waals surface area contributed by atoms with Gasteiger partial charge in [-0.2, -0.15) is 0 Å². The Bertz CT molecular complexity index is 1010. The van der Waals surface area contributed by atoms with E-state index in [0.29, 0.717) is 13.1 Å². The molecule has 2 aromatic rings. The summed E-state index contributed by atoms with van der Waals surface area (Å²) in [6, 6.07) is 15.2. The van der Waals surface area contributed by atoms with Crippen LogP contribution in [0.25, 0.3) is 11.1 Å². The molecule has 2 heterocycles. The molecule has 3 aliphatic rings. The molecule has 0 aromatic heterocycles. The van der Waals surface area contributed by atoms with Crippen molar-refractivity contribution in [3.8, 4) is 11.1 Å². The van der Waals surface area contributed by atoms with Crippen molar-refractivity contribution in [3.63, 3.8) is 0 Å². The van der Waals surface area contributed by atoms with Gasteiger partial charge in [-0.15, -0.1) is 0 Å². The first-order chi connectivity index (χ1) is 14.0. The summed E-state index contributed by atoms with van der Waals surface area (Å²) in [5.74, 6) is 1.33. The number of sulfone groups is 1. The molecule has 29 heavy (non-hydrogen) atoms. The van der Waals surface area contributed by atoms with E-state index in [1.807, 2.05) is 0 Å². The molecule has 2 aromatic carbocycles. The maximum atomic E-state index is 11.7. The molecule has 0 amide bonds. The van der Waals surface area contributed by atoms with Crippen molar-refractivity contribution in [1.29, 1.82) is 0 Å². The fourth-order valence-electron chi connectivity index (χ4n) is 4.30. The quantitative estimate of drug-likeness (QED) is 0.679. The van der Waals surface area contributed by atoms with E-state index >= 15 is 0 Å². The molecule has 0 atom stereocenters. The Hall–Kier alpha value is -1.86. The highest BCUT2D eigenvalue weighted by Crippen LogP contribution is 2.47. The molecule has 5 rings (SSSR count). The zero-order chi connectivity index (χ0) is 20.0. The van der Waals surface area contributed by atoms with Crippen LogP contribution in [0.3, 0.4) is 0 Å². The van der Waals surface area contributed by atoms with Crippen molar-refractivity contribution < 1.29 is 8.42 Å². The maximum absolute atomic E-state index is 11.7. The summed E-state index contributed by atoms with van der Waals surface area (Å²) >= 11 is 1.80. The van der Waals surface area contributed by atoms with E-state index in [4.69, 9.17) is 0 Å². The standard InChI is InChI=1S/C22H27N3O2S2/c1-23-22-15-19(8-9-21(22)25(28-23)16-17-4-2-5-17)18-6-3-7-20(14-18)24-10-12-29(26,27)13-11-24/h3,6-9,14-15,17H,2,4-5,10-13,16H2,1H3. The van der Waals surface area contributed by atoms with Crippen molar-refractivity contribution in [2.24, 2.45) is 5.92 Å². The van der Waals surface area contributed by atoms with Crippen LogP contribution in [0, 0.1) is 5.92 Å². The lowest BCUT2D eigenvalue weighted by atomic mass is 9.85. The van der Waals surface area contributed by atoms with E-state index in [1.54, 1.807) is 12.1 Å². The SMILES string of the molecule is CN1SN(CC2CCC2)c2ccc(-c3cccc(N4CCS(=O)(=O)CC4)c3)cc21. The van der Waals surface area contributed by atoms with Crippen LogP contribution in [-0.4, -0.2) is 46.6 Å². The third-order valence-electron chi connectivity index (χ3n) is 6.34. The van der Waals surface area contributed by atoms with E-state index in [-0.39, 0.29) is 11.5 Å². The van der Waals surface area contributed by atoms with Gasteiger partial charge in [0.15, 0.2) is 9.84 Å². The summed E-state index contributed by atoms with van der Waals surface area (Å²) in [6.45, 7) is 2.28. The van der Waals surface area contributed by atoms with Crippen LogP contribution in [0.15, 0.2) is 42.5 Å². The molecule has 154 valence electrons. The number of rotatable bonds is 4. The van der Waals surface area contributed by atoms with Gasteiger partial charge in [0, 0.05) is 32.4 Å². The van der Waals surface area contributed by atoms with E-state index in [1.165, 1.54) is 41.8 Å². The van der Waals surface area contributed by atoms with E-state index in [0.717, 1.165) is 18.2 Å². The number of benzene rings is 2. The minimum atomic E-state index is -2.86. The lowest BCUT2D eigenvalue weighted by Gasteiger charge is -2.30. The zero-order valence-corrected chi connectivity index (χ0v) is 18.4. The highest BCUT2D eigenvalue weighted by atomic mass is 32.2. The van der Waals surface area contributed by atoms with Gasteiger partial charge in [-0.1, -0.05) is 24.6 Å². The van der Waals surface area contributed by atoms with Crippen molar-refractivity contribution in [3.05, 3.63) is 42.5 Å². The average Bonchev–Trinajstić information content (AvgIpc) is 3.00. The Morgan fingerprint density at radius 1 is 1.00 bits per heavy atom. The van der Waals surface area contributed by atoms with Crippen LogP contribution in [-0.2, 0) is 9.84 Å². The fraction of sp³-hybridized carbons (Fsp3) is 0.455. The summed E-state index contributed by atoms with van der Waals surface area (Å²) in [5.41, 5.74) is 6.06. The number of fused-ring (bicyclic) bond motifs is 1. The summed E-state index contributed by atoms with van der Waals surface area (Å²) in [6.07, 6.45) is 4.10. The topological polar surface area (TPSA) is 43.9 Å². The Kier molecular flexibility index (Phi) is 4.90. The maximum Gasteiger partial charge on any atom is 0.153 e. The molecule has 0 unspecified atom stereocenters. The van der Waals surface area contributed by atoms with Gasteiger partial charge in [-0.3, -0.25) is 8.61 Å². The van der Waals surface area contributed by atoms with Gasteiger partial charge >= 0.3 is 0 Å². The van der Waals surface area contributed by atoms with Gasteiger partial charge in [0.2, 0.25) is 0 Å². The molecule has 2 aliphatic heterocycles. The van der Waals surface area contributed by atoms with Gasteiger partial charge in [-0.05, 0) is 54.2 Å². The normalized spacial score (nSPS) is 21.2. The van der Waals surface area contributed by atoms with Crippen molar-refractivity contribution in [2.75, 3.05) is 51.7 Å². The molecule has 1 saturated carbocycles. The van der Waals surface area contributed by atoms with Gasteiger partial charge in [-0.25, -0.2) is 8.42 Å². The van der Waals surface area contributed by atoms with E-state index in [2.05, 4.69) is 63.0 Å². The summed E-state index contributed by atoms with van der Waals surface area (Å²) in [5, 5.41) is 0. The summed E-state index contributed by atoms with van der Waals surface area (Å²) in [7, 11) is -0.727. The van der Waals surface area contributed by atoms with Gasteiger partial charge in [0.05, 0.1) is 35.0 Å². The Morgan fingerprint density at radius 2 is 1.76 bits per heavy atom. The van der Waals surface area contributed by atoms with Crippen LogP contribution >= 0.6 is 12.1 Å². The van der Waals surface area contributed by atoms with Crippen LogP contribution < -0.4 is 13.5 Å². The van der Waals surface area contributed by atoms with Gasteiger partial charge in [0.25, 0.3) is 0 Å². The van der Waals surface area contributed by atoms with Crippen LogP contribution in [0.2, 0.25) is 0 Å². The molecule has 5 nitrogen and oxygen atoms in total. The van der Waals surface area contributed by atoms with E-state index in [9.17, 15) is 8.42 Å². The minimum absolute atomic E-state index is 0.245. The zero-order valence-electron chi connectivity index (χ0n) is 16.8. The first-order valence-electron chi connectivity index (χ1n) is 10.4. The van der Waals surface area contributed by atoms with E-state index < -0.39 is 9.84 Å². The highest BCUT2D eigenvalue weighted by molar-refractivity contribution is 8.02. The van der Waals surface area contributed by atoms with Gasteiger partial charge in [0.1, 0.15) is 0 Å². The predicted molar refractivity (Wildman–Crippen MR) is 123 cm³/mol. The Labute approximate surface area is 177 Å². The largest absolute Gasteiger partial charge is 0.369 e. The lowest BCUT2D eigenvalue weighted by Crippen LogP contribution is -2.40. The Morgan fingerprint density at radius 3 is 2.48 bits per heavy atom. The molecule has 2 fully saturated rings. The first kappa shape index (κ1) is 19.1. The number of anilines is 3. The fourth-order valence-corrected chi connectivity index (χ4v) is 6.55. The second-order valence-corrected chi connectivity index (χ2v) is 11.8. The molecule has 1 saturated heterocycles. The molecule has 0 radical (unpaired) electrons. The molecule has 0 spiro atoms. The number of hydrogen-bond acceptors (Lipinski definition) is 6. The third kappa shape index (κ3) is 3.82. The molecule has 1 aliphatic carbocycles. The van der Waals surface area contributed by atoms with Gasteiger partial charge < -0.3 is 4.90 Å². The summed E-state index contributed by atoms with van der Waals surface area (Å²) in [4.78, 5) is 2.18. The third-order valence-corrected chi connectivity index (χ3v) is 8.94. The molecule has 0 bridgehead atoms.